The molecule has 7 heteroatoms. The third-order valence-corrected chi connectivity index (χ3v) is 2.21. The van der Waals surface area contributed by atoms with E-state index in [1.807, 2.05) is 6.92 Å². The third-order valence-electron chi connectivity index (χ3n) is 2.21. The van der Waals surface area contributed by atoms with Crippen LogP contribution in [0.4, 0.5) is 13.2 Å². The number of carboxylic acids is 1. The molecule has 0 bridgehead atoms. The predicted octanol–water partition coefficient (Wildman–Crippen LogP) is 2.29. The first-order valence-electron chi connectivity index (χ1n) is 5.38. The topological polar surface area (TPSA) is 53.7 Å². The van der Waals surface area contributed by atoms with Gasteiger partial charge in [-0.3, -0.25) is 9.69 Å². The van der Waals surface area contributed by atoms with Gasteiger partial charge in [0.15, 0.2) is 0 Å². The Bertz CT molecular complexity index is 400. The second kappa shape index (κ2) is 5.90. The maximum absolute atomic E-state index is 12.3. The Balaban J connectivity index is 2.68. The fraction of sp³-hybridized carbons (Fsp3) is 0.545. The van der Waals surface area contributed by atoms with Crippen LogP contribution < -0.4 is 0 Å². The number of aliphatic carboxylic acids is 1. The first-order valence-corrected chi connectivity index (χ1v) is 5.38. The molecule has 0 atom stereocenters. The Hall–Kier alpha value is -1.50. The van der Waals surface area contributed by atoms with Gasteiger partial charge in [-0.25, -0.2) is 0 Å². The van der Waals surface area contributed by atoms with E-state index >= 15 is 0 Å². The lowest BCUT2D eigenvalue weighted by Crippen LogP contribution is -2.37. The highest BCUT2D eigenvalue weighted by Gasteiger charge is 2.31. The SMILES string of the molecule is CCc1ccc(CN(CC(=O)O)CC(F)(F)F)o1. The van der Waals surface area contributed by atoms with Gasteiger partial charge in [0.25, 0.3) is 0 Å². The van der Waals surface area contributed by atoms with Gasteiger partial charge in [0.05, 0.1) is 19.6 Å². The normalized spacial score (nSPS) is 12.1. The van der Waals surface area contributed by atoms with Crippen LogP contribution in [-0.4, -0.2) is 35.2 Å². The second-order valence-corrected chi connectivity index (χ2v) is 3.88. The van der Waals surface area contributed by atoms with Crippen molar-refractivity contribution < 1.29 is 27.5 Å². The number of hydrogen-bond donors (Lipinski definition) is 1. The van der Waals surface area contributed by atoms with Crippen molar-refractivity contribution in [1.82, 2.24) is 4.90 Å². The van der Waals surface area contributed by atoms with E-state index in [9.17, 15) is 18.0 Å². The average Bonchev–Trinajstić information content (AvgIpc) is 2.61. The molecule has 1 heterocycles. The highest BCUT2D eigenvalue weighted by atomic mass is 19.4. The van der Waals surface area contributed by atoms with E-state index in [0.29, 0.717) is 17.9 Å². The summed E-state index contributed by atoms with van der Waals surface area (Å²) in [6, 6.07) is 3.23. The van der Waals surface area contributed by atoms with Gasteiger partial charge in [-0.15, -0.1) is 0 Å². The summed E-state index contributed by atoms with van der Waals surface area (Å²) in [6.45, 7) is -0.276. The number of carboxylic acid groups (broad SMARTS) is 1. The molecule has 4 nitrogen and oxygen atoms in total. The molecule has 1 N–H and O–H groups in total. The van der Waals surface area contributed by atoms with Crippen molar-refractivity contribution in [1.29, 1.82) is 0 Å². The summed E-state index contributed by atoms with van der Waals surface area (Å²) in [5, 5.41) is 8.57. The van der Waals surface area contributed by atoms with Crippen LogP contribution in [-0.2, 0) is 17.8 Å². The molecule has 0 amide bonds. The zero-order valence-electron chi connectivity index (χ0n) is 9.83. The third kappa shape index (κ3) is 5.22. The Kier molecular flexibility index (Phi) is 4.77. The van der Waals surface area contributed by atoms with Gasteiger partial charge in [0, 0.05) is 6.42 Å². The number of halogens is 3. The Morgan fingerprint density at radius 3 is 2.44 bits per heavy atom. The molecule has 0 saturated heterocycles. The minimum Gasteiger partial charge on any atom is -0.480 e. The molecule has 0 aliphatic rings. The summed E-state index contributed by atoms with van der Waals surface area (Å²) < 4.78 is 42.1. The van der Waals surface area contributed by atoms with Crippen LogP contribution in [0.3, 0.4) is 0 Å². The molecule has 0 fully saturated rings. The Morgan fingerprint density at radius 2 is 2.00 bits per heavy atom. The van der Waals surface area contributed by atoms with Crippen molar-refractivity contribution in [2.24, 2.45) is 0 Å². The van der Waals surface area contributed by atoms with Gasteiger partial charge < -0.3 is 9.52 Å². The van der Waals surface area contributed by atoms with E-state index in [2.05, 4.69) is 0 Å². The zero-order chi connectivity index (χ0) is 13.8. The van der Waals surface area contributed by atoms with Crippen LogP contribution in [0.5, 0.6) is 0 Å². The smallest absolute Gasteiger partial charge is 0.401 e. The molecule has 0 aliphatic carbocycles. The van der Waals surface area contributed by atoms with Crippen molar-refractivity contribution >= 4 is 5.97 Å². The molecule has 18 heavy (non-hydrogen) atoms. The van der Waals surface area contributed by atoms with Gasteiger partial charge in [-0.2, -0.15) is 13.2 Å². The summed E-state index contributed by atoms with van der Waals surface area (Å²) in [4.78, 5) is 11.3. The minimum absolute atomic E-state index is 0.175. The van der Waals surface area contributed by atoms with Crippen LogP contribution in [0.15, 0.2) is 16.5 Å². The second-order valence-electron chi connectivity index (χ2n) is 3.88. The molecule has 102 valence electrons. The first-order chi connectivity index (χ1) is 8.30. The largest absolute Gasteiger partial charge is 0.480 e. The molecular formula is C11H14F3NO3. The molecule has 1 aromatic heterocycles. The molecule has 0 spiro atoms. The lowest BCUT2D eigenvalue weighted by molar-refractivity contribution is -0.155. The van der Waals surface area contributed by atoms with Gasteiger partial charge in [0.2, 0.25) is 0 Å². The number of nitrogens with zero attached hydrogens (tertiary/aromatic N) is 1. The van der Waals surface area contributed by atoms with Crippen molar-refractivity contribution in [3.05, 3.63) is 23.7 Å². The number of alkyl halides is 3. The van der Waals surface area contributed by atoms with E-state index < -0.39 is 25.2 Å². The van der Waals surface area contributed by atoms with Crippen molar-refractivity contribution in [2.75, 3.05) is 13.1 Å². The van der Waals surface area contributed by atoms with Crippen molar-refractivity contribution in [2.45, 2.75) is 26.1 Å². The van der Waals surface area contributed by atoms with Crippen molar-refractivity contribution in [3.8, 4) is 0 Å². The quantitative estimate of drug-likeness (QED) is 0.857. The average molecular weight is 265 g/mol. The minimum atomic E-state index is -4.43. The van der Waals surface area contributed by atoms with Crippen LogP contribution in [0.1, 0.15) is 18.4 Å². The number of carbonyl (C=O) groups is 1. The standard InChI is InChI=1S/C11H14F3NO3/c1-2-8-3-4-9(18-8)5-15(6-10(16)17)7-11(12,13)14/h3-4H,2,5-7H2,1H3,(H,16,17). The van der Waals surface area contributed by atoms with Crippen LogP contribution >= 0.6 is 0 Å². The van der Waals surface area contributed by atoms with E-state index in [4.69, 9.17) is 9.52 Å². The number of rotatable bonds is 6. The number of aryl methyl sites for hydroxylation is 1. The molecule has 1 aromatic rings. The first kappa shape index (κ1) is 14.6. The Labute approximate surface area is 102 Å². The zero-order valence-corrected chi connectivity index (χ0v) is 9.83. The van der Waals surface area contributed by atoms with Crippen LogP contribution in [0.2, 0.25) is 0 Å². The predicted molar refractivity (Wildman–Crippen MR) is 57.1 cm³/mol. The summed E-state index contributed by atoms with van der Waals surface area (Å²) in [6.07, 6.45) is -3.80. The number of hydrogen-bond acceptors (Lipinski definition) is 3. The molecule has 0 radical (unpaired) electrons. The maximum atomic E-state index is 12.3. The van der Waals surface area contributed by atoms with Gasteiger partial charge in [-0.1, -0.05) is 6.92 Å². The highest BCUT2D eigenvalue weighted by Crippen LogP contribution is 2.19. The summed E-state index contributed by atoms with van der Waals surface area (Å²) in [5.41, 5.74) is 0. The van der Waals surface area contributed by atoms with Gasteiger partial charge in [-0.05, 0) is 12.1 Å². The molecule has 0 saturated carbocycles. The lowest BCUT2D eigenvalue weighted by atomic mass is 10.3. The number of furan rings is 1. The molecule has 0 aromatic carbocycles. The van der Waals surface area contributed by atoms with E-state index in [0.717, 1.165) is 4.90 Å². The maximum Gasteiger partial charge on any atom is 0.401 e. The lowest BCUT2D eigenvalue weighted by Gasteiger charge is -2.20. The van der Waals surface area contributed by atoms with E-state index in [-0.39, 0.29) is 6.54 Å². The monoisotopic (exact) mass is 265 g/mol. The van der Waals surface area contributed by atoms with Crippen LogP contribution in [0, 0.1) is 0 Å². The van der Waals surface area contributed by atoms with Gasteiger partial charge in [0.1, 0.15) is 11.5 Å². The summed E-state index contributed by atoms with van der Waals surface area (Å²) >= 11 is 0. The van der Waals surface area contributed by atoms with E-state index in [1.165, 1.54) is 0 Å². The summed E-state index contributed by atoms with van der Waals surface area (Å²) in [7, 11) is 0. The molecule has 0 aliphatic heterocycles. The van der Waals surface area contributed by atoms with Crippen molar-refractivity contribution in [3.63, 3.8) is 0 Å². The molecule has 1 rings (SSSR count). The highest BCUT2D eigenvalue weighted by molar-refractivity contribution is 5.69. The fourth-order valence-electron chi connectivity index (χ4n) is 1.53. The van der Waals surface area contributed by atoms with Crippen LogP contribution in [0.25, 0.3) is 0 Å². The van der Waals surface area contributed by atoms with Gasteiger partial charge >= 0.3 is 12.1 Å². The Morgan fingerprint density at radius 1 is 1.39 bits per heavy atom. The fourth-order valence-corrected chi connectivity index (χ4v) is 1.53. The molecule has 0 unspecified atom stereocenters. The summed E-state index contributed by atoms with van der Waals surface area (Å²) in [5.74, 6) is -0.314. The van der Waals surface area contributed by atoms with E-state index in [1.54, 1.807) is 12.1 Å². The molecular weight excluding hydrogens is 251 g/mol.